The van der Waals surface area contributed by atoms with Crippen LogP contribution in [0.3, 0.4) is 0 Å². The lowest BCUT2D eigenvalue weighted by Gasteiger charge is -2.34. The zero-order chi connectivity index (χ0) is 32.2. The first-order valence-electron chi connectivity index (χ1n) is 15.8. The van der Waals surface area contributed by atoms with Gasteiger partial charge in [-0.25, -0.2) is 9.97 Å². The van der Waals surface area contributed by atoms with Crippen molar-refractivity contribution in [2.45, 2.75) is 70.5 Å². The summed E-state index contributed by atoms with van der Waals surface area (Å²) in [5, 5.41) is 7.58. The Morgan fingerprint density at radius 3 is 1.96 bits per heavy atom. The highest BCUT2D eigenvalue weighted by atomic mass is 35.5. The molecule has 1 saturated carbocycles. The number of hydrogen-bond donors (Lipinski definition) is 2. The smallest absolute Gasteiger partial charge is 0.237 e. The van der Waals surface area contributed by atoms with E-state index in [2.05, 4.69) is 27.5 Å². The highest BCUT2D eigenvalue weighted by Crippen LogP contribution is 2.42. The minimum Gasteiger partial charge on any atom is -0.480 e. The summed E-state index contributed by atoms with van der Waals surface area (Å²) in [6.07, 6.45) is 9.84. The molecule has 0 bridgehead atoms. The average molecular weight is 662 g/mol. The van der Waals surface area contributed by atoms with Gasteiger partial charge in [0.1, 0.15) is 11.4 Å². The Hall–Kier alpha value is -3.79. The Bertz CT molecular complexity index is 1740. The molecule has 6 rings (SSSR count). The van der Waals surface area contributed by atoms with Crippen molar-refractivity contribution < 1.29 is 14.3 Å². The molecule has 2 aromatic carbocycles. The fraction of sp³-hybridized carbons (Fsp3) is 0.400. The van der Waals surface area contributed by atoms with Crippen molar-refractivity contribution in [3.8, 4) is 45.4 Å². The van der Waals surface area contributed by atoms with E-state index in [9.17, 15) is 4.79 Å². The lowest BCUT2D eigenvalue weighted by Crippen LogP contribution is -2.42. The molecule has 1 unspecified atom stereocenters. The highest BCUT2D eigenvalue weighted by molar-refractivity contribution is 6.39. The third-order valence-electron chi connectivity index (χ3n) is 9.05. The maximum atomic E-state index is 11.5. The predicted molar refractivity (Wildman–Crippen MR) is 180 cm³/mol. The monoisotopic (exact) mass is 660 g/mol. The van der Waals surface area contributed by atoms with Crippen molar-refractivity contribution in [2.75, 3.05) is 14.2 Å². The van der Waals surface area contributed by atoms with E-state index in [1.54, 1.807) is 26.6 Å². The number of aromatic nitrogens is 4. The Balaban J connectivity index is 1.23. The molecule has 2 fully saturated rings. The number of halogens is 2. The van der Waals surface area contributed by atoms with Gasteiger partial charge >= 0.3 is 0 Å². The van der Waals surface area contributed by atoms with Crippen LogP contribution >= 0.6 is 23.2 Å². The molecule has 2 N–H and O–H groups in total. The Kier molecular flexibility index (Phi) is 10.0. The van der Waals surface area contributed by atoms with Gasteiger partial charge in [-0.15, -0.1) is 0 Å². The van der Waals surface area contributed by atoms with Gasteiger partial charge < -0.3 is 20.1 Å². The summed E-state index contributed by atoms with van der Waals surface area (Å²) < 4.78 is 11.2. The number of carbonyl (C=O) groups is 1. The van der Waals surface area contributed by atoms with Crippen LogP contribution in [0, 0.1) is 5.92 Å². The molecule has 1 saturated heterocycles. The summed E-state index contributed by atoms with van der Waals surface area (Å²) in [7, 11) is 3.20. The fourth-order valence-corrected chi connectivity index (χ4v) is 6.81. The van der Waals surface area contributed by atoms with Crippen LogP contribution in [0.25, 0.3) is 33.6 Å². The number of nitrogens with one attached hydrogen (secondary N) is 2. The molecule has 3 heterocycles. The molecule has 2 aliphatic rings. The molecule has 240 valence electrons. The van der Waals surface area contributed by atoms with E-state index in [0.29, 0.717) is 70.1 Å². The zero-order valence-electron chi connectivity index (χ0n) is 26.3. The standard InChI is InChI=1S/C35H38Cl2N6O3/c1-20-13-15-26(20)38-19-30-35(46-3)43-29(18-40-30)25-11-6-9-23(33(25)37)22-8-5-10-24(32(22)36)28-17-39-27(34(42-28)45-2)12-4-7-21-14-16-31(44)41-21/h5-6,8-11,17-18,20-21,26,38H,4,7,12-16,19H2,1-3H3,(H,41,44)/t20?,21-,26-/m1/s1. The van der Waals surface area contributed by atoms with E-state index in [1.807, 2.05) is 36.4 Å². The third kappa shape index (κ3) is 6.82. The van der Waals surface area contributed by atoms with Gasteiger partial charge in [-0.05, 0) is 44.4 Å². The number of methoxy groups -OCH3 is 2. The average Bonchev–Trinajstić information content (AvgIpc) is 3.49. The molecule has 1 aliphatic heterocycles. The number of hydrogen-bond acceptors (Lipinski definition) is 8. The molecule has 0 radical (unpaired) electrons. The lowest BCUT2D eigenvalue weighted by atomic mass is 9.81. The van der Waals surface area contributed by atoms with E-state index in [0.717, 1.165) is 47.3 Å². The highest BCUT2D eigenvalue weighted by Gasteiger charge is 2.27. The molecule has 0 spiro atoms. The normalized spacial score (nSPS) is 19.1. The maximum absolute atomic E-state index is 11.5. The van der Waals surface area contributed by atoms with Gasteiger partial charge in [0.2, 0.25) is 17.7 Å². The van der Waals surface area contributed by atoms with Gasteiger partial charge in [0, 0.05) is 47.3 Å². The van der Waals surface area contributed by atoms with E-state index < -0.39 is 0 Å². The SMILES string of the molecule is COc1nc(-c2cccc(-c3cccc(-c4cnc(CN[C@@H]5CCC5C)c(OC)n4)c3Cl)c2Cl)cnc1CCC[C@@H]1CCC(=O)N1. The molecule has 2 aromatic heterocycles. The summed E-state index contributed by atoms with van der Waals surface area (Å²) in [5.41, 5.74) is 5.69. The van der Waals surface area contributed by atoms with Gasteiger partial charge in [-0.3, -0.25) is 14.8 Å². The fourth-order valence-electron chi connectivity index (χ4n) is 6.16. The van der Waals surface area contributed by atoms with Crippen molar-refractivity contribution in [1.82, 2.24) is 30.6 Å². The van der Waals surface area contributed by atoms with Crippen molar-refractivity contribution in [2.24, 2.45) is 5.92 Å². The van der Waals surface area contributed by atoms with Crippen molar-refractivity contribution in [3.63, 3.8) is 0 Å². The Morgan fingerprint density at radius 2 is 1.43 bits per heavy atom. The van der Waals surface area contributed by atoms with Crippen molar-refractivity contribution >= 4 is 29.1 Å². The number of aryl methyl sites for hydroxylation is 1. The van der Waals surface area contributed by atoms with E-state index in [-0.39, 0.29) is 11.9 Å². The maximum Gasteiger partial charge on any atom is 0.237 e. The first kappa shape index (κ1) is 32.2. The van der Waals surface area contributed by atoms with Crippen LogP contribution in [-0.2, 0) is 17.8 Å². The van der Waals surface area contributed by atoms with Crippen LogP contribution in [-0.4, -0.2) is 52.1 Å². The van der Waals surface area contributed by atoms with Crippen LogP contribution in [0.1, 0.15) is 56.8 Å². The summed E-state index contributed by atoms with van der Waals surface area (Å²) >= 11 is 14.1. The zero-order valence-corrected chi connectivity index (χ0v) is 27.8. The predicted octanol–water partition coefficient (Wildman–Crippen LogP) is 7.08. The van der Waals surface area contributed by atoms with Gasteiger partial charge in [0.15, 0.2) is 0 Å². The van der Waals surface area contributed by atoms with E-state index in [1.165, 1.54) is 12.8 Å². The quantitative estimate of drug-likeness (QED) is 0.166. The van der Waals surface area contributed by atoms with Gasteiger partial charge in [0.05, 0.1) is 48.0 Å². The third-order valence-corrected chi connectivity index (χ3v) is 9.87. The molecule has 1 amide bonds. The van der Waals surface area contributed by atoms with E-state index in [4.69, 9.17) is 42.6 Å². The number of rotatable bonds is 12. The topological polar surface area (TPSA) is 111 Å². The number of carbonyl (C=O) groups excluding carboxylic acids is 1. The molecule has 1 aliphatic carbocycles. The number of amides is 1. The summed E-state index contributed by atoms with van der Waals surface area (Å²) in [6, 6.07) is 12.3. The van der Waals surface area contributed by atoms with Crippen LogP contribution in [0.4, 0.5) is 0 Å². The number of nitrogens with zero attached hydrogens (tertiary/aromatic N) is 4. The minimum absolute atomic E-state index is 0.128. The second-order valence-corrected chi connectivity index (χ2v) is 12.7. The molecule has 9 nitrogen and oxygen atoms in total. The second kappa shape index (κ2) is 14.3. The molecular formula is C35H38Cl2N6O3. The lowest BCUT2D eigenvalue weighted by molar-refractivity contribution is -0.119. The van der Waals surface area contributed by atoms with E-state index >= 15 is 0 Å². The van der Waals surface area contributed by atoms with Crippen LogP contribution in [0.15, 0.2) is 48.8 Å². The van der Waals surface area contributed by atoms with Gasteiger partial charge in [-0.1, -0.05) is 66.5 Å². The summed E-state index contributed by atoms with van der Waals surface area (Å²) in [4.78, 5) is 30.4. The number of ether oxygens (including phenoxy) is 2. The summed E-state index contributed by atoms with van der Waals surface area (Å²) in [5.74, 6) is 1.73. The largest absolute Gasteiger partial charge is 0.480 e. The molecule has 11 heteroatoms. The molecular weight excluding hydrogens is 623 g/mol. The van der Waals surface area contributed by atoms with Crippen LogP contribution in [0.2, 0.25) is 10.0 Å². The second-order valence-electron chi connectivity index (χ2n) is 12.0. The summed E-state index contributed by atoms with van der Waals surface area (Å²) in [6.45, 7) is 2.85. The molecule has 4 aromatic rings. The van der Waals surface area contributed by atoms with Crippen molar-refractivity contribution in [3.05, 3.63) is 70.2 Å². The molecule has 46 heavy (non-hydrogen) atoms. The first-order chi connectivity index (χ1) is 22.4. The Labute approximate surface area is 279 Å². The molecule has 3 atom stereocenters. The van der Waals surface area contributed by atoms with Gasteiger partial charge in [0.25, 0.3) is 0 Å². The number of benzene rings is 2. The minimum atomic E-state index is 0.128. The van der Waals surface area contributed by atoms with Gasteiger partial charge in [-0.2, -0.15) is 0 Å². The van der Waals surface area contributed by atoms with Crippen LogP contribution in [0.5, 0.6) is 11.8 Å². The van der Waals surface area contributed by atoms with Crippen LogP contribution < -0.4 is 20.1 Å². The van der Waals surface area contributed by atoms with Crippen molar-refractivity contribution in [1.29, 1.82) is 0 Å². The Morgan fingerprint density at radius 1 is 0.848 bits per heavy atom. The first-order valence-corrected chi connectivity index (χ1v) is 16.5.